The van der Waals surface area contributed by atoms with Gasteiger partial charge >= 0.3 is 0 Å². The Kier molecular flexibility index (Phi) is 8.90. The zero-order chi connectivity index (χ0) is 26.6. The molecular formula is C27H30ClFN2O4S2. The first-order valence-corrected chi connectivity index (χ1v) is 14.9. The van der Waals surface area contributed by atoms with Crippen molar-refractivity contribution in [3.8, 4) is 5.75 Å². The predicted molar refractivity (Wildman–Crippen MR) is 144 cm³/mol. The summed E-state index contributed by atoms with van der Waals surface area (Å²) in [6.07, 6.45) is 1.47. The number of amides is 1. The van der Waals surface area contributed by atoms with Gasteiger partial charge in [0.2, 0.25) is 15.9 Å². The van der Waals surface area contributed by atoms with Gasteiger partial charge in [0.25, 0.3) is 0 Å². The van der Waals surface area contributed by atoms with E-state index < -0.39 is 10.0 Å². The van der Waals surface area contributed by atoms with Crippen molar-refractivity contribution in [2.45, 2.75) is 37.6 Å². The molecule has 0 saturated heterocycles. The second kappa shape index (κ2) is 11.9. The van der Waals surface area contributed by atoms with Gasteiger partial charge in [0.1, 0.15) is 18.2 Å². The van der Waals surface area contributed by atoms with Crippen LogP contribution in [0, 0.1) is 11.7 Å². The van der Waals surface area contributed by atoms with Gasteiger partial charge in [0.05, 0.1) is 17.5 Å². The molecule has 1 aliphatic rings. The van der Waals surface area contributed by atoms with Crippen molar-refractivity contribution in [1.82, 2.24) is 9.21 Å². The van der Waals surface area contributed by atoms with E-state index >= 15 is 0 Å². The highest BCUT2D eigenvalue weighted by Crippen LogP contribution is 2.34. The standard InChI is InChI=1S/C27H30ClFN2O4S2/c1-3-19(2)16-30(37(33,34)23-10-4-20(28)5-11-23)17-27(32)31-14-12-26-24(13-15-36-26)25(31)18-35-22-8-6-21(29)7-9-22/h4-11,13,15,19,25H,3,12,14,16-18H2,1-2H3/t19-,25-/m0/s1. The molecule has 1 amide bonds. The SMILES string of the molecule is CC[C@H](C)CN(CC(=O)N1CCc2sccc2[C@@H]1COc1ccc(F)cc1)S(=O)(=O)c1ccc(Cl)cc1. The van der Waals surface area contributed by atoms with Gasteiger partial charge in [0, 0.05) is 23.0 Å². The Morgan fingerprint density at radius 3 is 2.57 bits per heavy atom. The van der Waals surface area contributed by atoms with Crippen molar-refractivity contribution in [1.29, 1.82) is 0 Å². The van der Waals surface area contributed by atoms with Crippen LogP contribution in [0.15, 0.2) is 64.9 Å². The van der Waals surface area contributed by atoms with Crippen LogP contribution >= 0.6 is 22.9 Å². The molecule has 198 valence electrons. The highest BCUT2D eigenvalue weighted by Gasteiger charge is 2.35. The minimum atomic E-state index is -3.92. The molecule has 0 spiro atoms. The molecule has 37 heavy (non-hydrogen) atoms. The first-order chi connectivity index (χ1) is 17.7. The summed E-state index contributed by atoms with van der Waals surface area (Å²) < 4.78 is 47.6. The van der Waals surface area contributed by atoms with E-state index in [2.05, 4.69) is 0 Å². The van der Waals surface area contributed by atoms with Crippen LogP contribution in [0.3, 0.4) is 0 Å². The Bertz CT molecular complexity index is 1310. The predicted octanol–water partition coefficient (Wildman–Crippen LogP) is 5.78. The molecule has 2 aromatic carbocycles. The fourth-order valence-electron chi connectivity index (χ4n) is 4.30. The number of thiophene rings is 1. The summed E-state index contributed by atoms with van der Waals surface area (Å²) >= 11 is 7.60. The molecule has 1 aromatic heterocycles. The van der Waals surface area contributed by atoms with Gasteiger partial charge in [-0.2, -0.15) is 4.31 Å². The Hall–Kier alpha value is -2.46. The van der Waals surface area contributed by atoms with E-state index in [-0.39, 0.29) is 48.3 Å². The number of carbonyl (C=O) groups excluding carboxylic acids is 1. The molecule has 0 radical (unpaired) electrons. The van der Waals surface area contributed by atoms with Crippen molar-refractivity contribution in [2.75, 3.05) is 26.2 Å². The number of nitrogens with zero attached hydrogens (tertiary/aromatic N) is 2. The van der Waals surface area contributed by atoms with Gasteiger partial charge < -0.3 is 9.64 Å². The molecule has 0 unspecified atom stereocenters. The van der Waals surface area contributed by atoms with E-state index in [4.69, 9.17) is 16.3 Å². The summed E-state index contributed by atoms with van der Waals surface area (Å²) in [5, 5.41) is 2.43. The molecule has 0 fully saturated rings. The maximum Gasteiger partial charge on any atom is 0.243 e. The minimum absolute atomic E-state index is 0.0670. The Labute approximate surface area is 226 Å². The molecule has 0 saturated carbocycles. The number of halogens is 2. The van der Waals surface area contributed by atoms with E-state index in [1.54, 1.807) is 28.4 Å². The van der Waals surface area contributed by atoms with Gasteiger partial charge in [-0.15, -0.1) is 11.3 Å². The second-order valence-electron chi connectivity index (χ2n) is 9.18. The topological polar surface area (TPSA) is 66.9 Å². The highest BCUT2D eigenvalue weighted by molar-refractivity contribution is 7.89. The quantitative estimate of drug-likeness (QED) is 0.313. The van der Waals surface area contributed by atoms with Crippen molar-refractivity contribution < 1.29 is 22.3 Å². The van der Waals surface area contributed by atoms with Gasteiger partial charge in [-0.25, -0.2) is 12.8 Å². The van der Waals surface area contributed by atoms with E-state index in [0.29, 0.717) is 23.7 Å². The lowest BCUT2D eigenvalue weighted by molar-refractivity contribution is -0.135. The van der Waals surface area contributed by atoms with Crippen LogP contribution in [0.4, 0.5) is 4.39 Å². The molecular weight excluding hydrogens is 535 g/mol. The van der Waals surface area contributed by atoms with Crippen molar-refractivity contribution >= 4 is 38.9 Å². The normalized spacial score (nSPS) is 16.5. The molecule has 10 heteroatoms. The smallest absolute Gasteiger partial charge is 0.243 e. The lowest BCUT2D eigenvalue weighted by atomic mass is 10.0. The number of sulfonamides is 1. The molecule has 1 aliphatic heterocycles. The third kappa shape index (κ3) is 6.52. The molecule has 2 heterocycles. The maximum atomic E-state index is 13.7. The van der Waals surface area contributed by atoms with Crippen LogP contribution in [0.2, 0.25) is 5.02 Å². The molecule has 3 aromatic rings. The van der Waals surface area contributed by atoms with Crippen LogP contribution in [0.5, 0.6) is 5.75 Å². The number of benzene rings is 2. The van der Waals surface area contributed by atoms with E-state index in [9.17, 15) is 17.6 Å². The van der Waals surface area contributed by atoms with Gasteiger partial charge in [-0.05, 0) is 77.9 Å². The average Bonchev–Trinajstić information content (AvgIpc) is 3.37. The molecule has 0 N–H and O–H groups in total. The van der Waals surface area contributed by atoms with Crippen LogP contribution in [0.25, 0.3) is 0 Å². The summed E-state index contributed by atoms with van der Waals surface area (Å²) in [7, 11) is -3.92. The number of rotatable bonds is 10. The number of hydrogen-bond donors (Lipinski definition) is 0. The third-order valence-corrected chi connectivity index (χ3v) is 9.69. The summed E-state index contributed by atoms with van der Waals surface area (Å²) in [6.45, 7) is 4.54. The lowest BCUT2D eigenvalue weighted by Gasteiger charge is -2.37. The molecule has 0 bridgehead atoms. The largest absolute Gasteiger partial charge is 0.491 e. The van der Waals surface area contributed by atoms with Crippen LogP contribution in [0.1, 0.15) is 36.8 Å². The lowest BCUT2D eigenvalue weighted by Crippen LogP contribution is -2.48. The van der Waals surface area contributed by atoms with Crippen LogP contribution in [-0.2, 0) is 21.2 Å². The molecule has 2 atom stereocenters. The summed E-state index contributed by atoms with van der Waals surface area (Å²) in [5.74, 6) is -0.0761. The van der Waals surface area contributed by atoms with E-state index in [1.807, 2.05) is 25.3 Å². The fraction of sp³-hybridized carbons (Fsp3) is 0.370. The number of fused-ring (bicyclic) bond motifs is 1. The Morgan fingerprint density at radius 2 is 1.89 bits per heavy atom. The Balaban J connectivity index is 1.58. The fourth-order valence-corrected chi connectivity index (χ4v) is 6.87. The van der Waals surface area contributed by atoms with Crippen molar-refractivity contribution in [3.05, 3.63) is 81.3 Å². The van der Waals surface area contributed by atoms with Crippen LogP contribution in [-0.4, -0.2) is 49.8 Å². The van der Waals surface area contributed by atoms with E-state index in [0.717, 1.165) is 12.0 Å². The minimum Gasteiger partial charge on any atom is -0.491 e. The summed E-state index contributed by atoms with van der Waals surface area (Å²) in [6, 6.07) is 13.3. The van der Waals surface area contributed by atoms with Gasteiger partial charge in [0.15, 0.2) is 0 Å². The zero-order valence-corrected chi connectivity index (χ0v) is 23.2. The van der Waals surface area contributed by atoms with E-state index in [1.165, 1.54) is 45.6 Å². The Morgan fingerprint density at radius 1 is 1.19 bits per heavy atom. The number of ether oxygens (including phenoxy) is 1. The average molecular weight is 565 g/mol. The first kappa shape index (κ1) is 27.6. The highest BCUT2D eigenvalue weighted by atomic mass is 35.5. The second-order valence-corrected chi connectivity index (χ2v) is 12.6. The third-order valence-electron chi connectivity index (χ3n) is 6.61. The molecule has 0 aliphatic carbocycles. The van der Waals surface area contributed by atoms with Crippen molar-refractivity contribution in [2.24, 2.45) is 5.92 Å². The van der Waals surface area contributed by atoms with Gasteiger partial charge in [-0.3, -0.25) is 4.79 Å². The van der Waals surface area contributed by atoms with Crippen molar-refractivity contribution in [3.63, 3.8) is 0 Å². The van der Waals surface area contributed by atoms with Gasteiger partial charge in [-0.1, -0.05) is 31.9 Å². The molecule has 4 rings (SSSR count). The van der Waals surface area contributed by atoms with Crippen LogP contribution < -0.4 is 4.74 Å². The molecule has 6 nitrogen and oxygen atoms in total. The zero-order valence-electron chi connectivity index (χ0n) is 20.8. The summed E-state index contributed by atoms with van der Waals surface area (Å²) in [5.41, 5.74) is 1.00. The first-order valence-electron chi connectivity index (χ1n) is 12.2. The summed E-state index contributed by atoms with van der Waals surface area (Å²) in [4.78, 5) is 16.7. The number of carbonyl (C=O) groups is 1. The number of hydrogen-bond acceptors (Lipinski definition) is 5. The monoisotopic (exact) mass is 564 g/mol. The maximum absolute atomic E-state index is 13.7.